The number of nitrogens with zero attached hydrogens (tertiary/aromatic N) is 1. The third-order valence-electron chi connectivity index (χ3n) is 3.48. The standard InChI is InChI=1S/C17H21NO5/c1-5-18-10-13(17(20)23-7-3)16(19)12-8-11(21-4)9-14(15(12)18)22-6-2/h8-10H,5-7H2,1-4H3. The minimum Gasteiger partial charge on any atom is -0.497 e. The van der Waals surface area contributed by atoms with Crippen LogP contribution >= 0.6 is 0 Å². The van der Waals surface area contributed by atoms with Crippen molar-refractivity contribution in [3.05, 3.63) is 34.1 Å². The van der Waals surface area contributed by atoms with Gasteiger partial charge in [0.1, 0.15) is 17.1 Å². The predicted octanol–water partition coefficient (Wildman–Crippen LogP) is 2.61. The molecule has 6 heteroatoms. The fourth-order valence-corrected chi connectivity index (χ4v) is 2.46. The molecule has 0 spiro atoms. The quantitative estimate of drug-likeness (QED) is 0.766. The lowest BCUT2D eigenvalue weighted by atomic mass is 10.1. The van der Waals surface area contributed by atoms with Gasteiger partial charge in [-0.1, -0.05) is 0 Å². The predicted molar refractivity (Wildman–Crippen MR) is 87.6 cm³/mol. The number of aromatic nitrogens is 1. The van der Waals surface area contributed by atoms with Gasteiger partial charge in [0.15, 0.2) is 0 Å². The molecule has 0 aliphatic heterocycles. The molecule has 0 fully saturated rings. The highest BCUT2D eigenvalue weighted by molar-refractivity contribution is 5.95. The lowest BCUT2D eigenvalue weighted by molar-refractivity contribution is 0.0524. The van der Waals surface area contributed by atoms with Crippen molar-refractivity contribution in [1.82, 2.24) is 4.57 Å². The first-order valence-corrected chi connectivity index (χ1v) is 7.62. The van der Waals surface area contributed by atoms with Crippen LogP contribution in [0.4, 0.5) is 0 Å². The number of hydrogen-bond acceptors (Lipinski definition) is 5. The first kappa shape index (κ1) is 16.9. The first-order valence-electron chi connectivity index (χ1n) is 7.62. The summed E-state index contributed by atoms with van der Waals surface area (Å²) in [4.78, 5) is 24.8. The van der Waals surface area contributed by atoms with Crippen LogP contribution < -0.4 is 14.9 Å². The Hall–Kier alpha value is -2.50. The molecule has 124 valence electrons. The largest absolute Gasteiger partial charge is 0.497 e. The van der Waals surface area contributed by atoms with E-state index in [1.165, 1.54) is 13.3 Å². The summed E-state index contributed by atoms with van der Waals surface area (Å²) in [6.45, 7) is 6.75. The highest BCUT2D eigenvalue weighted by Gasteiger charge is 2.19. The van der Waals surface area contributed by atoms with Crippen molar-refractivity contribution in [1.29, 1.82) is 0 Å². The average Bonchev–Trinajstić information content (AvgIpc) is 2.55. The number of methoxy groups -OCH3 is 1. The Morgan fingerprint density at radius 1 is 1.17 bits per heavy atom. The Labute approximate surface area is 134 Å². The fourth-order valence-electron chi connectivity index (χ4n) is 2.46. The Morgan fingerprint density at radius 3 is 2.48 bits per heavy atom. The topological polar surface area (TPSA) is 66.8 Å². The summed E-state index contributed by atoms with van der Waals surface area (Å²) >= 11 is 0. The highest BCUT2D eigenvalue weighted by atomic mass is 16.5. The summed E-state index contributed by atoms with van der Waals surface area (Å²) in [5, 5.41) is 0.375. The van der Waals surface area contributed by atoms with E-state index < -0.39 is 5.97 Å². The molecule has 2 rings (SSSR count). The van der Waals surface area contributed by atoms with Gasteiger partial charge in [0.25, 0.3) is 0 Å². The zero-order chi connectivity index (χ0) is 17.0. The second-order valence-corrected chi connectivity index (χ2v) is 4.83. The second kappa shape index (κ2) is 7.17. The maximum atomic E-state index is 12.7. The van der Waals surface area contributed by atoms with Crippen molar-refractivity contribution >= 4 is 16.9 Å². The van der Waals surface area contributed by atoms with Crippen molar-refractivity contribution in [3.63, 3.8) is 0 Å². The maximum absolute atomic E-state index is 12.7. The van der Waals surface area contributed by atoms with Crippen molar-refractivity contribution in [3.8, 4) is 11.5 Å². The zero-order valence-electron chi connectivity index (χ0n) is 13.8. The van der Waals surface area contributed by atoms with Crippen molar-refractivity contribution in [2.45, 2.75) is 27.3 Å². The van der Waals surface area contributed by atoms with Crippen LogP contribution in [-0.2, 0) is 11.3 Å². The van der Waals surface area contributed by atoms with Crippen LogP contribution in [0.2, 0.25) is 0 Å². The van der Waals surface area contributed by atoms with E-state index in [9.17, 15) is 9.59 Å². The van der Waals surface area contributed by atoms with Crippen molar-refractivity contribution < 1.29 is 19.0 Å². The summed E-state index contributed by atoms with van der Waals surface area (Å²) in [6.07, 6.45) is 1.53. The number of carbonyl (C=O) groups excluding carboxylic acids is 1. The fraction of sp³-hybridized carbons (Fsp3) is 0.412. The normalized spacial score (nSPS) is 10.6. The second-order valence-electron chi connectivity index (χ2n) is 4.83. The zero-order valence-corrected chi connectivity index (χ0v) is 13.8. The molecule has 0 radical (unpaired) electrons. The summed E-state index contributed by atoms with van der Waals surface area (Å²) in [6, 6.07) is 3.36. The Bertz CT molecular complexity index is 779. The number of esters is 1. The molecular formula is C17H21NO5. The molecule has 2 aromatic rings. The lowest BCUT2D eigenvalue weighted by Crippen LogP contribution is -2.21. The van der Waals surface area contributed by atoms with Gasteiger partial charge in [0, 0.05) is 18.8 Å². The number of fused-ring (bicyclic) bond motifs is 1. The van der Waals surface area contributed by atoms with Gasteiger partial charge >= 0.3 is 5.97 Å². The van der Waals surface area contributed by atoms with Crippen LogP contribution in [0.15, 0.2) is 23.1 Å². The molecule has 6 nitrogen and oxygen atoms in total. The summed E-state index contributed by atoms with van der Waals surface area (Å²) in [5.41, 5.74) is 0.271. The molecule has 1 heterocycles. The molecule has 0 bridgehead atoms. The number of benzene rings is 1. The SMILES string of the molecule is CCOC(=O)c1cn(CC)c2c(OCC)cc(OC)cc2c1=O. The van der Waals surface area contributed by atoms with Crippen LogP contribution in [-0.4, -0.2) is 30.9 Å². The third-order valence-corrected chi connectivity index (χ3v) is 3.48. The van der Waals surface area contributed by atoms with Crippen molar-refractivity contribution in [2.75, 3.05) is 20.3 Å². The number of hydrogen-bond donors (Lipinski definition) is 0. The van der Waals surface area contributed by atoms with Crippen LogP contribution in [0.3, 0.4) is 0 Å². The molecule has 0 saturated carbocycles. The molecular weight excluding hydrogens is 298 g/mol. The van der Waals surface area contributed by atoms with E-state index in [0.29, 0.717) is 35.6 Å². The highest BCUT2D eigenvalue weighted by Crippen LogP contribution is 2.30. The number of carbonyl (C=O) groups is 1. The van der Waals surface area contributed by atoms with E-state index in [1.54, 1.807) is 19.1 Å². The van der Waals surface area contributed by atoms with Gasteiger partial charge in [0.2, 0.25) is 5.43 Å². The third kappa shape index (κ3) is 3.16. The van der Waals surface area contributed by atoms with Gasteiger partial charge in [0.05, 0.1) is 31.2 Å². The molecule has 0 aliphatic carbocycles. The Kier molecular flexibility index (Phi) is 5.26. The van der Waals surface area contributed by atoms with Crippen LogP contribution in [0.1, 0.15) is 31.1 Å². The summed E-state index contributed by atoms with van der Waals surface area (Å²) < 4.78 is 17.7. The summed E-state index contributed by atoms with van der Waals surface area (Å²) in [7, 11) is 1.52. The average molecular weight is 319 g/mol. The van der Waals surface area contributed by atoms with Crippen LogP contribution in [0, 0.1) is 0 Å². The Morgan fingerprint density at radius 2 is 1.91 bits per heavy atom. The van der Waals surface area contributed by atoms with E-state index in [-0.39, 0.29) is 17.6 Å². The first-order chi connectivity index (χ1) is 11.1. The van der Waals surface area contributed by atoms with Gasteiger partial charge in [-0.05, 0) is 26.8 Å². The van der Waals surface area contributed by atoms with E-state index in [2.05, 4.69) is 0 Å². The maximum Gasteiger partial charge on any atom is 0.343 e. The van der Waals surface area contributed by atoms with Crippen molar-refractivity contribution in [2.24, 2.45) is 0 Å². The van der Waals surface area contributed by atoms with Crippen LogP contribution in [0.5, 0.6) is 11.5 Å². The molecule has 0 atom stereocenters. The molecule has 23 heavy (non-hydrogen) atoms. The number of pyridine rings is 1. The van der Waals surface area contributed by atoms with Gasteiger partial charge in [-0.25, -0.2) is 4.79 Å². The number of ether oxygens (including phenoxy) is 3. The number of rotatable bonds is 6. The van der Waals surface area contributed by atoms with E-state index in [4.69, 9.17) is 14.2 Å². The smallest absolute Gasteiger partial charge is 0.343 e. The Balaban J connectivity index is 2.84. The molecule has 0 saturated heterocycles. The molecule has 1 aromatic heterocycles. The summed E-state index contributed by atoms with van der Waals surface area (Å²) in [5.74, 6) is 0.431. The van der Waals surface area contributed by atoms with Gasteiger partial charge < -0.3 is 18.8 Å². The lowest BCUT2D eigenvalue weighted by Gasteiger charge is -2.16. The van der Waals surface area contributed by atoms with Gasteiger partial charge in [-0.15, -0.1) is 0 Å². The molecule has 0 aliphatic rings. The minimum absolute atomic E-state index is 0.0110. The van der Waals surface area contributed by atoms with E-state index in [1.807, 2.05) is 18.4 Å². The van der Waals surface area contributed by atoms with Crippen LogP contribution in [0.25, 0.3) is 10.9 Å². The van der Waals surface area contributed by atoms with Gasteiger partial charge in [-0.2, -0.15) is 0 Å². The molecule has 1 aromatic carbocycles. The van der Waals surface area contributed by atoms with E-state index >= 15 is 0 Å². The monoisotopic (exact) mass is 319 g/mol. The van der Waals surface area contributed by atoms with E-state index in [0.717, 1.165) is 0 Å². The van der Waals surface area contributed by atoms with Gasteiger partial charge in [-0.3, -0.25) is 4.79 Å². The molecule has 0 amide bonds. The number of aryl methyl sites for hydroxylation is 1. The molecule has 0 N–H and O–H groups in total. The molecule has 0 unspecified atom stereocenters. The minimum atomic E-state index is -0.623.